The SMILES string of the molecule is CC(C)(C)c1nnc(-c2nn(-c3ccc(F)cc3F)c3c2C2CCC3C2)o1. The second-order valence-corrected chi connectivity index (χ2v) is 8.52. The number of aromatic nitrogens is 4. The molecular formula is C20H20F2N4O. The third kappa shape index (κ3) is 2.44. The largest absolute Gasteiger partial charge is 0.419 e. The van der Waals surface area contributed by atoms with Crippen LogP contribution >= 0.6 is 0 Å². The molecule has 0 aliphatic heterocycles. The van der Waals surface area contributed by atoms with Crippen LogP contribution in [0.3, 0.4) is 0 Å². The molecule has 2 atom stereocenters. The number of nitrogens with zero attached hydrogens (tertiary/aromatic N) is 4. The van der Waals surface area contributed by atoms with Gasteiger partial charge in [0.05, 0.1) is 5.69 Å². The van der Waals surface area contributed by atoms with Crippen LogP contribution in [0, 0.1) is 11.6 Å². The van der Waals surface area contributed by atoms with Crippen molar-refractivity contribution in [3.8, 4) is 17.3 Å². The van der Waals surface area contributed by atoms with E-state index in [0.717, 1.165) is 36.6 Å². The van der Waals surface area contributed by atoms with Crippen LogP contribution in [-0.4, -0.2) is 20.0 Å². The van der Waals surface area contributed by atoms with Crippen molar-refractivity contribution in [1.82, 2.24) is 20.0 Å². The van der Waals surface area contributed by atoms with Gasteiger partial charge in [-0.05, 0) is 37.3 Å². The highest BCUT2D eigenvalue weighted by Crippen LogP contribution is 2.56. The summed E-state index contributed by atoms with van der Waals surface area (Å²) >= 11 is 0. The smallest absolute Gasteiger partial charge is 0.268 e. The molecule has 0 radical (unpaired) electrons. The predicted octanol–water partition coefficient (Wildman–Crippen LogP) is 4.86. The Morgan fingerprint density at radius 2 is 1.89 bits per heavy atom. The van der Waals surface area contributed by atoms with E-state index in [1.807, 2.05) is 20.8 Å². The Hall–Kier alpha value is -2.57. The van der Waals surface area contributed by atoms with Crippen molar-refractivity contribution in [3.05, 3.63) is 47.0 Å². The van der Waals surface area contributed by atoms with Gasteiger partial charge in [-0.2, -0.15) is 5.10 Å². The topological polar surface area (TPSA) is 56.7 Å². The predicted molar refractivity (Wildman–Crippen MR) is 94.8 cm³/mol. The minimum atomic E-state index is -0.629. The Bertz CT molecular complexity index is 1050. The summed E-state index contributed by atoms with van der Waals surface area (Å²) in [7, 11) is 0. The number of fused-ring (bicyclic) bond motifs is 5. The molecule has 0 amide bonds. The Morgan fingerprint density at radius 1 is 1.11 bits per heavy atom. The lowest BCUT2D eigenvalue weighted by Crippen LogP contribution is -2.11. The molecule has 2 unspecified atom stereocenters. The molecule has 1 saturated carbocycles. The Labute approximate surface area is 155 Å². The van der Waals surface area contributed by atoms with Gasteiger partial charge >= 0.3 is 0 Å². The molecule has 2 heterocycles. The van der Waals surface area contributed by atoms with Crippen LogP contribution in [0.15, 0.2) is 22.6 Å². The van der Waals surface area contributed by atoms with Gasteiger partial charge in [0.1, 0.15) is 11.5 Å². The van der Waals surface area contributed by atoms with Crippen molar-refractivity contribution in [2.75, 3.05) is 0 Å². The lowest BCUT2D eigenvalue weighted by molar-refractivity contribution is 0.398. The molecule has 2 aliphatic rings. The average Bonchev–Trinajstić information content (AvgIpc) is 3.35. The van der Waals surface area contributed by atoms with E-state index in [1.165, 1.54) is 12.1 Å². The van der Waals surface area contributed by atoms with Crippen LogP contribution in [0.4, 0.5) is 8.78 Å². The van der Waals surface area contributed by atoms with E-state index in [1.54, 1.807) is 4.68 Å². The maximum Gasteiger partial charge on any atom is 0.268 e. The molecular weight excluding hydrogens is 350 g/mol. The molecule has 0 saturated heterocycles. The number of benzene rings is 1. The van der Waals surface area contributed by atoms with Crippen LogP contribution in [0.2, 0.25) is 0 Å². The van der Waals surface area contributed by atoms with E-state index in [-0.39, 0.29) is 11.1 Å². The van der Waals surface area contributed by atoms with Crippen LogP contribution in [0.1, 0.15) is 69.0 Å². The zero-order valence-electron chi connectivity index (χ0n) is 15.5. The fourth-order valence-corrected chi connectivity index (χ4v) is 4.35. The van der Waals surface area contributed by atoms with E-state index in [9.17, 15) is 8.78 Å². The number of halogens is 2. The average molecular weight is 370 g/mol. The van der Waals surface area contributed by atoms with Crippen molar-refractivity contribution in [2.24, 2.45) is 0 Å². The fraction of sp³-hybridized carbons (Fsp3) is 0.450. The molecule has 0 spiro atoms. The molecule has 7 heteroatoms. The van der Waals surface area contributed by atoms with Gasteiger partial charge in [0.25, 0.3) is 5.89 Å². The highest BCUT2D eigenvalue weighted by molar-refractivity contribution is 5.61. The van der Waals surface area contributed by atoms with E-state index < -0.39 is 11.6 Å². The summed E-state index contributed by atoms with van der Waals surface area (Å²) in [5, 5.41) is 13.0. The van der Waals surface area contributed by atoms with Gasteiger partial charge < -0.3 is 4.42 Å². The van der Waals surface area contributed by atoms with Crippen molar-refractivity contribution in [1.29, 1.82) is 0 Å². The maximum atomic E-state index is 14.5. The Morgan fingerprint density at radius 3 is 2.59 bits per heavy atom. The third-order valence-electron chi connectivity index (χ3n) is 5.59. The summed E-state index contributed by atoms with van der Waals surface area (Å²) in [5.74, 6) is 0.383. The summed E-state index contributed by atoms with van der Waals surface area (Å²) < 4.78 is 35.4. The van der Waals surface area contributed by atoms with Gasteiger partial charge in [-0.25, -0.2) is 13.5 Å². The molecule has 2 aliphatic carbocycles. The highest BCUT2D eigenvalue weighted by atomic mass is 19.1. The summed E-state index contributed by atoms with van der Waals surface area (Å²) in [6.45, 7) is 6.01. The first-order chi connectivity index (χ1) is 12.8. The minimum absolute atomic E-state index is 0.252. The lowest BCUT2D eigenvalue weighted by Gasteiger charge is -2.14. The van der Waals surface area contributed by atoms with Crippen LogP contribution in [-0.2, 0) is 5.41 Å². The molecule has 1 fully saturated rings. The Balaban J connectivity index is 1.70. The van der Waals surface area contributed by atoms with Crippen molar-refractivity contribution in [2.45, 2.75) is 57.3 Å². The van der Waals surface area contributed by atoms with Gasteiger partial charge in [-0.1, -0.05) is 20.8 Å². The van der Waals surface area contributed by atoms with Crippen LogP contribution in [0.25, 0.3) is 17.3 Å². The zero-order valence-corrected chi connectivity index (χ0v) is 15.5. The number of hydrogen-bond donors (Lipinski definition) is 0. The van der Waals surface area contributed by atoms with Crippen molar-refractivity contribution in [3.63, 3.8) is 0 Å². The maximum absolute atomic E-state index is 14.5. The van der Waals surface area contributed by atoms with E-state index in [2.05, 4.69) is 15.3 Å². The third-order valence-corrected chi connectivity index (χ3v) is 5.59. The van der Waals surface area contributed by atoms with E-state index >= 15 is 0 Å². The fourth-order valence-electron chi connectivity index (χ4n) is 4.35. The zero-order chi connectivity index (χ0) is 18.9. The van der Waals surface area contributed by atoms with Crippen molar-refractivity contribution >= 4 is 0 Å². The second-order valence-electron chi connectivity index (χ2n) is 8.52. The molecule has 5 rings (SSSR count). The first-order valence-electron chi connectivity index (χ1n) is 9.25. The van der Waals surface area contributed by atoms with Gasteiger partial charge in [0.15, 0.2) is 11.5 Å². The Kier molecular flexibility index (Phi) is 3.36. The van der Waals surface area contributed by atoms with Gasteiger partial charge in [0, 0.05) is 23.0 Å². The molecule has 3 aromatic rings. The lowest BCUT2D eigenvalue weighted by atomic mass is 9.95. The molecule has 5 nitrogen and oxygen atoms in total. The molecule has 140 valence electrons. The quantitative estimate of drug-likeness (QED) is 0.646. The first kappa shape index (κ1) is 16.6. The summed E-state index contributed by atoms with van der Waals surface area (Å²) in [5.41, 5.74) is 2.70. The van der Waals surface area contributed by atoms with Gasteiger partial charge in [-0.3, -0.25) is 0 Å². The van der Waals surface area contributed by atoms with E-state index in [0.29, 0.717) is 29.3 Å². The molecule has 2 bridgehead atoms. The van der Waals surface area contributed by atoms with Crippen LogP contribution in [0.5, 0.6) is 0 Å². The van der Waals surface area contributed by atoms with Crippen LogP contribution < -0.4 is 0 Å². The summed E-state index contributed by atoms with van der Waals surface area (Å²) in [6.07, 6.45) is 3.18. The van der Waals surface area contributed by atoms with Gasteiger partial charge in [0.2, 0.25) is 5.89 Å². The minimum Gasteiger partial charge on any atom is -0.419 e. The van der Waals surface area contributed by atoms with Gasteiger partial charge in [-0.15, -0.1) is 10.2 Å². The molecule has 27 heavy (non-hydrogen) atoms. The molecule has 0 N–H and O–H groups in total. The molecule has 1 aromatic carbocycles. The number of rotatable bonds is 2. The number of hydrogen-bond acceptors (Lipinski definition) is 4. The monoisotopic (exact) mass is 370 g/mol. The van der Waals surface area contributed by atoms with Crippen molar-refractivity contribution < 1.29 is 13.2 Å². The summed E-state index contributed by atoms with van der Waals surface area (Å²) in [4.78, 5) is 0. The molecule has 2 aromatic heterocycles. The standard InChI is InChI=1S/C20H20F2N4O/c1-20(2,3)19-24-23-18(27-19)16-15-10-4-5-11(8-10)17(15)26(25-16)14-7-6-12(21)9-13(14)22/h6-7,9-11H,4-5,8H2,1-3H3. The highest BCUT2D eigenvalue weighted by Gasteiger charge is 2.44. The first-order valence-corrected chi connectivity index (χ1v) is 9.25. The second kappa shape index (κ2) is 5.47. The summed E-state index contributed by atoms with van der Waals surface area (Å²) in [6, 6.07) is 3.58. The normalized spacial score (nSPS) is 21.1. The van der Waals surface area contributed by atoms with E-state index in [4.69, 9.17) is 4.42 Å².